The Hall–Kier alpha value is -0.800. The number of alkyl halides is 3. The first-order valence-electron chi connectivity index (χ1n) is 6.19. The van der Waals surface area contributed by atoms with Gasteiger partial charge in [-0.1, -0.05) is 0 Å². The highest BCUT2D eigenvalue weighted by atomic mass is 19.4. The van der Waals surface area contributed by atoms with Crippen LogP contribution in [0.15, 0.2) is 0 Å². The lowest BCUT2D eigenvalue weighted by Crippen LogP contribution is -2.51. The van der Waals surface area contributed by atoms with Gasteiger partial charge in [0.1, 0.15) is 5.54 Å². The third kappa shape index (κ3) is 4.14. The summed E-state index contributed by atoms with van der Waals surface area (Å²) in [7, 11) is 3.45. The number of halogens is 3. The lowest BCUT2D eigenvalue weighted by molar-refractivity contribution is -0.138. The van der Waals surface area contributed by atoms with Crippen LogP contribution < -0.4 is 5.32 Å². The molecule has 0 aromatic heterocycles. The molecule has 1 aliphatic rings. The number of hydrogen-bond acceptors (Lipinski definition) is 3. The normalized spacial score (nSPS) is 29.3. The molecule has 104 valence electrons. The lowest BCUT2D eigenvalue weighted by atomic mass is 9.79. The van der Waals surface area contributed by atoms with Gasteiger partial charge < -0.3 is 10.2 Å². The van der Waals surface area contributed by atoms with Crippen LogP contribution in [0, 0.1) is 11.3 Å². The highest BCUT2D eigenvalue weighted by Crippen LogP contribution is 2.31. The SMILES string of the molecule is CNC1(C#N)CCCC(N(C)CCC(F)(F)F)C1. The second kappa shape index (κ2) is 5.89. The molecule has 6 heteroatoms. The third-order valence-electron chi connectivity index (χ3n) is 3.79. The zero-order valence-electron chi connectivity index (χ0n) is 10.8. The second-order valence-corrected chi connectivity index (χ2v) is 5.04. The first-order valence-corrected chi connectivity index (χ1v) is 6.19. The van der Waals surface area contributed by atoms with Crippen LogP contribution in [-0.2, 0) is 0 Å². The van der Waals surface area contributed by atoms with E-state index in [4.69, 9.17) is 0 Å². The van der Waals surface area contributed by atoms with Crippen molar-refractivity contribution >= 4 is 0 Å². The van der Waals surface area contributed by atoms with Crippen molar-refractivity contribution in [1.29, 1.82) is 5.26 Å². The number of nitriles is 1. The number of rotatable bonds is 4. The lowest BCUT2D eigenvalue weighted by Gasteiger charge is -2.39. The molecule has 0 saturated heterocycles. The van der Waals surface area contributed by atoms with E-state index >= 15 is 0 Å². The zero-order chi connectivity index (χ0) is 13.8. The minimum Gasteiger partial charge on any atom is -0.303 e. The molecule has 3 nitrogen and oxygen atoms in total. The van der Waals surface area contributed by atoms with Crippen LogP contribution in [0.1, 0.15) is 32.1 Å². The highest BCUT2D eigenvalue weighted by molar-refractivity contribution is 5.10. The number of hydrogen-bond donors (Lipinski definition) is 1. The van der Waals surface area contributed by atoms with Crippen LogP contribution in [0.5, 0.6) is 0 Å². The van der Waals surface area contributed by atoms with E-state index in [1.165, 1.54) is 0 Å². The van der Waals surface area contributed by atoms with Crippen molar-refractivity contribution in [3.63, 3.8) is 0 Å². The van der Waals surface area contributed by atoms with Crippen LogP contribution in [0.25, 0.3) is 0 Å². The predicted molar refractivity (Wildman–Crippen MR) is 63.0 cm³/mol. The van der Waals surface area contributed by atoms with Crippen molar-refractivity contribution in [2.75, 3.05) is 20.6 Å². The molecular formula is C12H20F3N3. The Balaban J connectivity index is 2.54. The Labute approximate surface area is 106 Å². The fraction of sp³-hybridized carbons (Fsp3) is 0.917. The molecule has 2 atom stereocenters. The van der Waals surface area contributed by atoms with E-state index < -0.39 is 18.1 Å². The van der Waals surface area contributed by atoms with E-state index in [1.807, 2.05) is 0 Å². The highest BCUT2D eigenvalue weighted by Gasteiger charge is 2.37. The summed E-state index contributed by atoms with van der Waals surface area (Å²) in [6.07, 6.45) is -1.82. The first kappa shape index (κ1) is 15.3. The van der Waals surface area contributed by atoms with Crippen LogP contribution >= 0.6 is 0 Å². The molecule has 1 N–H and O–H groups in total. The first-order chi connectivity index (χ1) is 8.32. The van der Waals surface area contributed by atoms with Crippen molar-refractivity contribution in [2.45, 2.75) is 49.9 Å². The van der Waals surface area contributed by atoms with Gasteiger partial charge in [0.25, 0.3) is 0 Å². The Kier molecular flexibility index (Phi) is 5.00. The van der Waals surface area contributed by atoms with E-state index in [0.717, 1.165) is 19.3 Å². The van der Waals surface area contributed by atoms with Crippen LogP contribution in [0.3, 0.4) is 0 Å². The van der Waals surface area contributed by atoms with Gasteiger partial charge in [-0.05, 0) is 39.8 Å². The van der Waals surface area contributed by atoms with E-state index in [2.05, 4.69) is 11.4 Å². The van der Waals surface area contributed by atoms with Crippen molar-refractivity contribution in [1.82, 2.24) is 10.2 Å². The van der Waals surface area contributed by atoms with Crippen molar-refractivity contribution in [3.05, 3.63) is 0 Å². The van der Waals surface area contributed by atoms with Crippen LogP contribution in [0.2, 0.25) is 0 Å². The summed E-state index contributed by atoms with van der Waals surface area (Å²) in [4.78, 5) is 1.73. The minimum atomic E-state index is -4.11. The number of nitrogens with one attached hydrogen (secondary N) is 1. The Morgan fingerprint density at radius 2 is 2.17 bits per heavy atom. The van der Waals surface area contributed by atoms with Crippen molar-refractivity contribution in [3.8, 4) is 6.07 Å². The smallest absolute Gasteiger partial charge is 0.303 e. The zero-order valence-corrected chi connectivity index (χ0v) is 10.8. The maximum atomic E-state index is 12.2. The van der Waals surface area contributed by atoms with Crippen LogP contribution in [-0.4, -0.2) is 43.3 Å². The minimum absolute atomic E-state index is 0.000606. The topological polar surface area (TPSA) is 39.1 Å². The van der Waals surface area contributed by atoms with Gasteiger partial charge in [0.05, 0.1) is 12.5 Å². The van der Waals surface area contributed by atoms with Gasteiger partial charge in [-0.2, -0.15) is 18.4 Å². The Bertz CT molecular complexity index is 311. The van der Waals surface area contributed by atoms with Gasteiger partial charge in [0, 0.05) is 12.6 Å². The van der Waals surface area contributed by atoms with E-state index in [1.54, 1.807) is 19.0 Å². The van der Waals surface area contributed by atoms with Crippen LogP contribution in [0.4, 0.5) is 13.2 Å². The van der Waals surface area contributed by atoms with Crippen molar-refractivity contribution < 1.29 is 13.2 Å². The monoisotopic (exact) mass is 263 g/mol. The standard InChI is InChI=1S/C12H20F3N3/c1-17-11(9-16)5-3-4-10(8-11)18(2)7-6-12(13,14)15/h10,17H,3-8H2,1-2H3. The summed E-state index contributed by atoms with van der Waals surface area (Å²) in [5.74, 6) is 0. The molecule has 1 aliphatic carbocycles. The van der Waals surface area contributed by atoms with Crippen molar-refractivity contribution in [2.24, 2.45) is 0 Å². The van der Waals surface area contributed by atoms with Gasteiger partial charge in [-0.15, -0.1) is 0 Å². The van der Waals surface area contributed by atoms with Gasteiger partial charge >= 0.3 is 6.18 Å². The maximum absolute atomic E-state index is 12.2. The predicted octanol–water partition coefficient (Wildman–Crippen LogP) is 2.29. The summed E-state index contributed by atoms with van der Waals surface area (Å²) >= 11 is 0. The fourth-order valence-electron chi connectivity index (χ4n) is 2.49. The maximum Gasteiger partial charge on any atom is 0.390 e. The van der Waals surface area contributed by atoms with E-state index in [0.29, 0.717) is 6.42 Å². The molecule has 0 aromatic carbocycles. The average Bonchev–Trinajstić information content (AvgIpc) is 2.35. The second-order valence-electron chi connectivity index (χ2n) is 5.04. The molecular weight excluding hydrogens is 243 g/mol. The molecule has 18 heavy (non-hydrogen) atoms. The summed E-state index contributed by atoms with van der Waals surface area (Å²) in [5, 5.41) is 12.2. The van der Waals surface area contributed by atoms with Gasteiger partial charge in [-0.25, -0.2) is 0 Å². The van der Waals surface area contributed by atoms with Gasteiger partial charge in [-0.3, -0.25) is 0 Å². The molecule has 1 saturated carbocycles. The van der Waals surface area contributed by atoms with Gasteiger partial charge in [0.15, 0.2) is 0 Å². The van der Waals surface area contributed by atoms with E-state index in [9.17, 15) is 18.4 Å². The molecule has 0 spiro atoms. The Morgan fingerprint density at radius 3 is 2.67 bits per heavy atom. The Morgan fingerprint density at radius 1 is 1.50 bits per heavy atom. The molecule has 1 fully saturated rings. The molecule has 0 aromatic rings. The summed E-state index contributed by atoms with van der Waals surface area (Å²) in [5.41, 5.74) is -0.574. The summed E-state index contributed by atoms with van der Waals surface area (Å²) in [6, 6.07) is 2.31. The summed E-state index contributed by atoms with van der Waals surface area (Å²) in [6.45, 7) is -0.000606. The third-order valence-corrected chi connectivity index (χ3v) is 3.79. The van der Waals surface area contributed by atoms with Gasteiger partial charge in [0.2, 0.25) is 0 Å². The molecule has 0 aliphatic heterocycles. The van der Waals surface area contributed by atoms with E-state index in [-0.39, 0.29) is 12.6 Å². The molecule has 1 rings (SSSR count). The molecule has 0 amide bonds. The molecule has 0 radical (unpaired) electrons. The number of nitrogens with zero attached hydrogens (tertiary/aromatic N) is 2. The molecule has 0 heterocycles. The molecule has 0 bridgehead atoms. The largest absolute Gasteiger partial charge is 0.390 e. The quantitative estimate of drug-likeness (QED) is 0.846. The fourth-order valence-corrected chi connectivity index (χ4v) is 2.49. The average molecular weight is 263 g/mol. The molecule has 2 unspecified atom stereocenters. The summed E-state index contributed by atoms with van der Waals surface area (Å²) < 4.78 is 36.5.